The number of halogens is 3. The van der Waals surface area contributed by atoms with Crippen molar-refractivity contribution in [2.45, 2.75) is 6.18 Å². The number of aromatic nitrogens is 2. The summed E-state index contributed by atoms with van der Waals surface area (Å²) in [5.74, 6) is 0. The molecular formula is C17H11F3N2. The van der Waals surface area contributed by atoms with Crippen LogP contribution in [0.1, 0.15) is 5.56 Å². The van der Waals surface area contributed by atoms with E-state index in [1.54, 1.807) is 55.1 Å². The van der Waals surface area contributed by atoms with E-state index >= 15 is 0 Å². The first-order valence-electron chi connectivity index (χ1n) is 6.57. The average Bonchev–Trinajstić information content (AvgIpc) is 2.55. The highest BCUT2D eigenvalue weighted by Crippen LogP contribution is 2.36. The van der Waals surface area contributed by atoms with Gasteiger partial charge < -0.3 is 0 Å². The minimum atomic E-state index is -4.40. The van der Waals surface area contributed by atoms with Gasteiger partial charge in [0.05, 0.1) is 5.56 Å². The Morgan fingerprint density at radius 3 is 1.95 bits per heavy atom. The molecule has 5 heteroatoms. The number of alkyl halides is 3. The number of hydrogen-bond acceptors (Lipinski definition) is 2. The second-order valence-corrected chi connectivity index (χ2v) is 4.77. The van der Waals surface area contributed by atoms with Crippen molar-refractivity contribution < 1.29 is 13.2 Å². The van der Waals surface area contributed by atoms with Gasteiger partial charge in [-0.1, -0.05) is 6.07 Å². The molecule has 3 aromatic rings. The summed E-state index contributed by atoms with van der Waals surface area (Å²) in [4.78, 5) is 7.85. The van der Waals surface area contributed by atoms with E-state index in [0.717, 1.165) is 12.1 Å². The molecule has 22 heavy (non-hydrogen) atoms. The van der Waals surface area contributed by atoms with Crippen molar-refractivity contribution in [2.75, 3.05) is 0 Å². The summed E-state index contributed by atoms with van der Waals surface area (Å²) in [5.41, 5.74) is 1.63. The lowest BCUT2D eigenvalue weighted by Crippen LogP contribution is -2.05. The first kappa shape index (κ1) is 14.3. The molecule has 0 spiro atoms. The number of rotatable bonds is 2. The molecule has 3 rings (SSSR count). The van der Waals surface area contributed by atoms with Crippen LogP contribution in [0.25, 0.3) is 22.3 Å². The summed E-state index contributed by atoms with van der Waals surface area (Å²) >= 11 is 0. The normalized spacial score (nSPS) is 11.4. The minimum Gasteiger partial charge on any atom is -0.265 e. The van der Waals surface area contributed by atoms with Gasteiger partial charge in [-0.25, -0.2) is 0 Å². The predicted octanol–water partition coefficient (Wildman–Crippen LogP) is 4.83. The molecule has 110 valence electrons. The van der Waals surface area contributed by atoms with Crippen molar-refractivity contribution in [3.8, 4) is 22.3 Å². The van der Waals surface area contributed by atoms with E-state index in [0.29, 0.717) is 22.3 Å². The second kappa shape index (κ2) is 5.60. The second-order valence-electron chi connectivity index (χ2n) is 4.77. The molecule has 1 aromatic carbocycles. The van der Waals surface area contributed by atoms with Crippen molar-refractivity contribution in [1.29, 1.82) is 0 Å². The summed E-state index contributed by atoms with van der Waals surface area (Å²) in [7, 11) is 0. The third kappa shape index (κ3) is 2.98. The van der Waals surface area contributed by atoms with Crippen LogP contribution in [0, 0.1) is 0 Å². The van der Waals surface area contributed by atoms with E-state index in [2.05, 4.69) is 9.97 Å². The molecule has 2 heterocycles. The van der Waals surface area contributed by atoms with Gasteiger partial charge in [0.1, 0.15) is 0 Å². The van der Waals surface area contributed by atoms with Gasteiger partial charge in [-0.05, 0) is 53.1 Å². The highest BCUT2D eigenvalue weighted by atomic mass is 19.4. The Kier molecular flexibility index (Phi) is 3.63. The van der Waals surface area contributed by atoms with Crippen LogP contribution in [-0.2, 0) is 6.18 Å². The Labute approximate surface area is 125 Å². The molecule has 0 aliphatic rings. The van der Waals surface area contributed by atoms with E-state index < -0.39 is 11.7 Å². The monoisotopic (exact) mass is 300 g/mol. The average molecular weight is 300 g/mol. The van der Waals surface area contributed by atoms with Crippen molar-refractivity contribution in [3.63, 3.8) is 0 Å². The van der Waals surface area contributed by atoms with Gasteiger partial charge >= 0.3 is 6.18 Å². The quantitative estimate of drug-likeness (QED) is 0.677. The molecule has 0 fully saturated rings. The third-order valence-corrected chi connectivity index (χ3v) is 3.27. The maximum absolute atomic E-state index is 13.2. The highest BCUT2D eigenvalue weighted by molar-refractivity contribution is 5.73. The molecule has 2 nitrogen and oxygen atoms in total. The largest absolute Gasteiger partial charge is 0.416 e. The zero-order valence-corrected chi connectivity index (χ0v) is 11.4. The first-order valence-corrected chi connectivity index (χ1v) is 6.57. The number of benzene rings is 1. The first-order chi connectivity index (χ1) is 10.5. The maximum Gasteiger partial charge on any atom is 0.416 e. The topological polar surface area (TPSA) is 25.8 Å². The molecule has 2 aromatic heterocycles. The van der Waals surface area contributed by atoms with Crippen LogP contribution in [0.3, 0.4) is 0 Å². The summed E-state index contributed by atoms with van der Waals surface area (Å²) < 4.78 is 39.5. The Bertz CT molecular complexity index is 711. The fourth-order valence-corrected chi connectivity index (χ4v) is 2.20. The fraction of sp³-hybridized carbons (Fsp3) is 0.0588. The number of hydrogen-bond donors (Lipinski definition) is 0. The van der Waals surface area contributed by atoms with Crippen molar-refractivity contribution in [2.24, 2.45) is 0 Å². The summed E-state index contributed by atoms with van der Waals surface area (Å²) in [6, 6.07) is 10.8. The summed E-state index contributed by atoms with van der Waals surface area (Å²) in [5, 5.41) is 0. The van der Waals surface area contributed by atoms with Crippen LogP contribution >= 0.6 is 0 Å². The number of nitrogens with zero attached hydrogens (tertiary/aromatic N) is 2. The van der Waals surface area contributed by atoms with E-state index in [1.165, 1.54) is 0 Å². The van der Waals surface area contributed by atoms with Gasteiger partial charge in [-0.15, -0.1) is 0 Å². The zero-order valence-electron chi connectivity index (χ0n) is 11.4. The van der Waals surface area contributed by atoms with E-state index in [-0.39, 0.29) is 0 Å². The van der Waals surface area contributed by atoms with Crippen molar-refractivity contribution in [1.82, 2.24) is 9.97 Å². The van der Waals surface area contributed by atoms with Crippen LogP contribution in [0.5, 0.6) is 0 Å². The molecule has 0 radical (unpaired) electrons. The van der Waals surface area contributed by atoms with E-state index in [9.17, 15) is 13.2 Å². The molecule has 0 N–H and O–H groups in total. The van der Waals surface area contributed by atoms with Crippen LogP contribution < -0.4 is 0 Å². The van der Waals surface area contributed by atoms with Gasteiger partial charge in [0.25, 0.3) is 0 Å². The van der Waals surface area contributed by atoms with E-state index in [4.69, 9.17) is 0 Å². The molecule has 0 atom stereocenters. The SMILES string of the molecule is FC(F)(F)c1cc(-c2ccncc2)cc(-c2cccnc2)c1. The van der Waals surface area contributed by atoms with Gasteiger partial charge in [0, 0.05) is 30.4 Å². The lowest BCUT2D eigenvalue weighted by molar-refractivity contribution is -0.137. The molecule has 0 aliphatic carbocycles. The Morgan fingerprint density at radius 1 is 0.682 bits per heavy atom. The van der Waals surface area contributed by atoms with Gasteiger partial charge in [0.15, 0.2) is 0 Å². The fourth-order valence-electron chi connectivity index (χ4n) is 2.20. The van der Waals surface area contributed by atoms with Gasteiger partial charge in [0.2, 0.25) is 0 Å². The highest BCUT2D eigenvalue weighted by Gasteiger charge is 2.31. The molecule has 0 aliphatic heterocycles. The van der Waals surface area contributed by atoms with Crippen LogP contribution in [-0.4, -0.2) is 9.97 Å². The van der Waals surface area contributed by atoms with E-state index in [1.807, 2.05) is 0 Å². The minimum absolute atomic E-state index is 0.481. The Balaban J connectivity index is 2.19. The zero-order chi connectivity index (χ0) is 15.6. The third-order valence-electron chi connectivity index (χ3n) is 3.27. The predicted molar refractivity (Wildman–Crippen MR) is 77.9 cm³/mol. The Hall–Kier alpha value is -2.69. The van der Waals surface area contributed by atoms with Crippen LogP contribution in [0.15, 0.2) is 67.3 Å². The lowest BCUT2D eigenvalue weighted by atomic mass is 9.97. The smallest absolute Gasteiger partial charge is 0.265 e. The summed E-state index contributed by atoms with van der Waals surface area (Å²) in [6.07, 6.45) is 1.84. The Morgan fingerprint density at radius 2 is 1.36 bits per heavy atom. The van der Waals surface area contributed by atoms with Gasteiger partial charge in [-0.3, -0.25) is 9.97 Å². The van der Waals surface area contributed by atoms with Crippen LogP contribution in [0.4, 0.5) is 13.2 Å². The molecule has 0 unspecified atom stereocenters. The lowest BCUT2D eigenvalue weighted by Gasteiger charge is -2.12. The maximum atomic E-state index is 13.2. The van der Waals surface area contributed by atoms with Crippen molar-refractivity contribution in [3.05, 3.63) is 72.8 Å². The molecule has 0 saturated heterocycles. The number of pyridine rings is 2. The molecule has 0 bridgehead atoms. The van der Waals surface area contributed by atoms with Crippen molar-refractivity contribution >= 4 is 0 Å². The molecular weight excluding hydrogens is 289 g/mol. The standard InChI is InChI=1S/C17H11F3N2/c18-17(19,20)16-9-14(12-3-6-21-7-4-12)8-15(10-16)13-2-1-5-22-11-13/h1-11H. The van der Waals surface area contributed by atoms with Crippen LogP contribution in [0.2, 0.25) is 0 Å². The molecule has 0 saturated carbocycles. The van der Waals surface area contributed by atoms with Gasteiger partial charge in [-0.2, -0.15) is 13.2 Å². The molecule has 0 amide bonds. The summed E-state index contributed by atoms with van der Waals surface area (Å²) in [6.45, 7) is 0.